The first-order valence-corrected chi connectivity index (χ1v) is 6.92. The van der Waals surface area contributed by atoms with E-state index in [9.17, 15) is 5.26 Å². The van der Waals surface area contributed by atoms with E-state index in [4.69, 9.17) is 4.74 Å². The second-order valence-corrected chi connectivity index (χ2v) is 5.05. The molecule has 2 atom stereocenters. The standard InChI is InChI=1S/C14H29N3O/c1-6-9-16-14(4,12-15)8-10-17(7-2)13(3)11-18-5/h13,16H,6-11H2,1-5H3. The molecule has 0 spiro atoms. The molecule has 0 amide bonds. The molecular weight excluding hydrogens is 226 g/mol. The van der Waals surface area contributed by atoms with Crippen LogP contribution in [-0.2, 0) is 4.74 Å². The van der Waals surface area contributed by atoms with E-state index < -0.39 is 5.54 Å². The van der Waals surface area contributed by atoms with Gasteiger partial charge in [0.15, 0.2) is 0 Å². The quantitative estimate of drug-likeness (QED) is 0.649. The van der Waals surface area contributed by atoms with Gasteiger partial charge in [-0.2, -0.15) is 5.26 Å². The Morgan fingerprint density at radius 2 is 2.11 bits per heavy atom. The first-order chi connectivity index (χ1) is 8.52. The maximum absolute atomic E-state index is 9.28. The fourth-order valence-corrected chi connectivity index (χ4v) is 1.99. The lowest BCUT2D eigenvalue weighted by atomic mass is 9.99. The van der Waals surface area contributed by atoms with Gasteiger partial charge in [0.05, 0.1) is 12.7 Å². The van der Waals surface area contributed by atoms with Crippen LogP contribution in [0.5, 0.6) is 0 Å². The lowest BCUT2D eigenvalue weighted by Gasteiger charge is -2.31. The monoisotopic (exact) mass is 255 g/mol. The van der Waals surface area contributed by atoms with Crippen molar-refractivity contribution >= 4 is 0 Å². The molecule has 0 saturated heterocycles. The van der Waals surface area contributed by atoms with E-state index in [1.165, 1.54) is 0 Å². The number of hydrogen-bond acceptors (Lipinski definition) is 4. The molecule has 18 heavy (non-hydrogen) atoms. The molecule has 0 saturated carbocycles. The van der Waals surface area contributed by atoms with E-state index >= 15 is 0 Å². The zero-order chi connectivity index (χ0) is 14.0. The SMILES string of the molecule is CCCNC(C)(C#N)CCN(CC)C(C)COC. The summed E-state index contributed by atoms with van der Waals surface area (Å²) in [5.41, 5.74) is -0.420. The first kappa shape index (κ1) is 17.4. The Morgan fingerprint density at radius 1 is 1.44 bits per heavy atom. The van der Waals surface area contributed by atoms with E-state index in [-0.39, 0.29) is 0 Å². The third kappa shape index (κ3) is 6.34. The lowest BCUT2D eigenvalue weighted by molar-refractivity contribution is 0.0979. The fraction of sp³-hybridized carbons (Fsp3) is 0.929. The van der Waals surface area contributed by atoms with Crippen LogP contribution in [0.2, 0.25) is 0 Å². The Balaban J connectivity index is 4.27. The summed E-state index contributed by atoms with van der Waals surface area (Å²) in [4.78, 5) is 2.35. The fourth-order valence-electron chi connectivity index (χ4n) is 1.99. The third-order valence-corrected chi connectivity index (χ3v) is 3.35. The molecule has 0 aromatic rings. The number of rotatable bonds is 10. The number of methoxy groups -OCH3 is 1. The van der Waals surface area contributed by atoms with Gasteiger partial charge >= 0.3 is 0 Å². The summed E-state index contributed by atoms with van der Waals surface area (Å²) >= 11 is 0. The summed E-state index contributed by atoms with van der Waals surface area (Å²) in [5, 5.41) is 12.6. The van der Waals surface area contributed by atoms with Crippen molar-refractivity contribution in [3.63, 3.8) is 0 Å². The minimum Gasteiger partial charge on any atom is -0.383 e. The van der Waals surface area contributed by atoms with Gasteiger partial charge < -0.3 is 4.74 Å². The summed E-state index contributed by atoms with van der Waals surface area (Å²) in [5.74, 6) is 0. The van der Waals surface area contributed by atoms with Gasteiger partial charge in [-0.05, 0) is 39.8 Å². The van der Waals surface area contributed by atoms with Crippen molar-refractivity contribution in [3.8, 4) is 6.07 Å². The van der Waals surface area contributed by atoms with E-state index in [0.29, 0.717) is 6.04 Å². The maximum atomic E-state index is 9.28. The Bertz CT molecular complexity index is 252. The Hall–Kier alpha value is -0.630. The number of likely N-dealkylation sites (N-methyl/N-ethyl adjacent to an activating group) is 1. The number of nitriles is 1. The van der Waals surface area contributed by atoms with Crippen molar-refractivity contribution in [2.24, 2.45) is 0 Å². The van der Waals surface area contributed by atoms with Gasteiger partial charge in [0.1, 0.15) is 5.54 Å². The highest BCUT2D eigenvalue weighted by Crippen LogP contribution is 2.11. The highest BCUT2D eigenvalue weighted by molar-refractivity contribution is 5.04. The molecule has 0 fully saturated rings. The van der Waals surface area contributed by atoms with Gasteiger partial charge in [0, 0.05) is 19.7 Å². The van der Waals surface area contributed by atoms with E-state index in [1.54, 1.807) is 7.11 Å². The van der Waals surface area contributed by atoms with Crippen molar-refractivity contribution in [1.82, 2.24) is 10.2 Å². The molecule has 4 nitrogen and oxygen atoms in total. The number of nitrogens with one attached hydrogen (secondary N) is 1. The second-order valence-electron chi connectivity index (χ2n) is 5.05. The zero-order valence-electron chi connectivity index (χ0n) is 12.6. The van der Waals surface area contributed by atoms with Crippen LogP contribution in [0, 0.1) is 11.3 Å². The summed E-state index contributed by atoms with van der Waals surface area (Å²) in [6, 6.07) is 2.79. The van der Waals surface area contributed by atoms with Crippen molar-refractivity contribution in [3.05, 3.63) is 0 Å². The van der Waals surface area contributed by atoms with Crippen LogP contribution in [0.4, 0.5) is 0 Å². The average Bonchev–Trinajstić information content (AvgIpc) is 2.37. The Kier molecular flexibility index (Phi) is 8.99. The lowest BCUT2D eigenvalue weighted by Crippen LogP contribution is -2.46. The van der Waals surface area contributed by atoms with E-state index in [2.05, 4.69) is 37.1 Å². The van der Waals surface area contributed by atoms with Gasteiger partial charge in [0.2, 0.25) is 0 Å². The predicted molar refractivity (Wildman–Crippen MR) is 75.5 cm³/mol. The molecule has 0 aromatic carbocycles. The highest BCUT2D eigenvalue weighted by Gasteiger charge is 2.24. The smallest absolute Gasteiger partial charge is 0.105 e. The van der Waals surface area contributed by atoms with Gasteiger partial charge in [0.25, 0.3) is 0 Å². The van der Waals surface area contributed by atoms with Crippen LogP contribution in [0.1, 0.15) is 40.5 Å². The van der Waals surface area contributed by atoms with Crippen LogP contribution in [0.3, 0.4) is 0 Å². The van der Waals surface area contributed by atoms with Crippen molar-refractivity contribution < 1.29 is 4.74 Å². The summed E-state index contributed by atoms with van der Waals surface area (Å²) in [7, 11) is 1.73. The van der Waals surface area contributed by atoms with Crippen LogP contribution in [-0.4, -0.2) is 49.8 Å². The maximum Gasteiger partial charge on any atom is 0.105 e. The molecule has 0 aliphatic carbocycles. The molecule has 0 aliphatic rings. The van der Waals surface area contributed by atoms with Crippen LogP contribution in [0.25, 0.3) is 0 Å². The molecule has 0 aromatic heterocycles. The molecule has 0 rings (SSSR count). The molecule has 106 valence electrons. The molecule has 0 heterocycles. The molecule has 0 radical (unpaired) electrons. The number of ether oxygens (including phenoxy) is 1. The molecule has 1 N–H and O–H groups in total. The summed E-state index contributed by atoms with van der Waals surface area (Å²) < 4.78 is 5.19. The Labute approximate surface area is 112 Å². The number of nitrogens with zero attached hydrogens (tertiary/aromatic N) is 2. The molecule has 0 bridgehead atoms. The molecule has 4 heteroatoms. The third-order valence-electron chi connectivity index (χ3n) is 3.35. The summed E-state index contributed by atoms with van der Waals surface area (Å²) in [6.07, 6.45) is 1.89. The minimum atomic E-state index is -0.420. The molecule has 2 unspecified atom stereocenters. The molecular formula is C14H29N3O. The first-order valence-electron chi connectivity index (χ1n) is 6.92. The summed E-state index contributed by atoms with van der Waals surface area (Å²) in [6.45, 7) is 11.9. The number of hydrogen-bond donors (Lipinski definition) is 1. The van der Waals surface area contributed by atoms with Crippen LogP contribution < -0.4 is 5.32 Å². The zero-order valence-corrected chi connectivity index (χ0v) is 12.6. The van der Waals surface area contributed by atoms with Gasteiger partial charge in [-0.25, -0.2) is 0 Å². The van der Waals surface area contributed by atoms with Crippen molar-refractivity contribution in [2.75, 3.05) is 33.4 Å². The van der Waals surface area contributed by atoms with Gasteiger partial charge in [-0.1, -0.05) is 13.8 Å². The predicted octanol–water partition coefficient (Wildman–Crippen LogP) is 2.02. The normalized spacial score (nSPS) is 16.3. The Morgan fingerprint density at radius 3 is 2.56 bits per heavy atom. The van der Waals surface area contributed by atoms with Gasteiger partial charge in [-0.15, -0.1) is 0 Å². The van der Waals surface area contributed by atoms with E-state index in [0.717, 1.165) is 39.1 Å². The van der Waals surface area contributed by atoms with Gasteiger partial charge in [-0.3, -0.25) is 10.2 Å². The molecule has 0 aliphatic heterocycles. The van der Waals surface area contributed by atoms with Crippen molar-refractivity contribution in [1.29, 1.82) is 5.26 Å². The van der Waals surface area contributed by atoms with Crippen molar-refractivity contribution in [2.45, 2.75) is 52.1 Å². The average molecular weight is 255 g/mol. The largest absolute Gasteiger partial charge is 0.383 e. The highest BCUT2D eigenvalue weighted by atomic mass is 16.5. The van der Waals surface area contributed by atoms with Crippen LogP contribution >= 0.6 is 0 Å². The van der Waals surface area contributed by atoms with E-state index in [1.807, 2.05) is 6.92 Å². The topological polar surface area (TPSA) is 48.3 Å². The second kappa shape index (κ2) is 9.32. The minimum absolute atomic E-state index is 0.397. The van der Waals surface area contributed by atoms with Crippen LogP contribution in [0.15, 0.2) is 0 Å².